The van der Waals surface area contributed by atoms with Crippen LogP contribution in [0.1, 0.15) is 44.5 Å². The van der Waals surface area contributed by atoms with Gasteiger partial charge in [-0.3, -0.25) is 9.59 Å². The zero-order valence-electron chi connectivity index (χ0n) is 15.8. The molecule has 2 amide bonds. The third-order valence-corrected chi connectivity index (χ3v) is 6.54. The van der Waals surface area contributed by atoms with Crippen LogP contribution < -0.4 is 5.32 Å². The molecule has 1 fully saturated rings. The summed E-state index contributed by atoms with van der Waals surface area (Å²) < 4.78 is 19.4. The van der Waals surface area contributed by atoms with Crippen molar-refractivity contribution in [2.24, 2.45) is 5.92 Å². The van der Waals surface area contributed by atoms with Gasteiger partial charge in [0.25, 0.3) is 11.8 Å². The van der Waals surface area contributed by atoms with E-state index in [-0.39, 0.29) is 11.5 Å². The van der Waals surface area contributed by atoms with Crippen molar-refractivity contribution < 1.29 is 18.7 Å². The van der Waals surface area contributed by atoms with Crippen LogP contribution in [0.5, 0.6) is 0 Å². The van der Waals surface area contributed by atoms with Gasteiger partial charge in [0.1, 0.15) is 10.8 Å². The number of hydrogen-bond acceptors (Lipinski definition) is 4. The number of amides is 2. The second-order valence-electron chi connectivity index (χ2n) is 7.39. The number of thiophene rings is 1. The molecule has 5 nitrogen and oxygen atoms in total. The number of nitrogens with one attached hydrogen (secondary N) is 1. The standard InChI is InChI=1S/C21H23FN2O3S/c1-13-6-7-15-17(12-13)28-20(18(15)21(26)24-8-10-27-11-9-24)23-19(25)14-4-2-3-5-16(14)22/h2-5,13H,6-12H2,1H3,(H,23,25)/t13-/m1/s1. The number of morpholine rings is 1. The second kappa shape index (κ2) is 8.01. The Hall–Kier alpha value is -2.25. The van der Waals surface area contributed by atoms with Crippen molar-refractivity contribution in [2.75, 3.05) is 31.6 Å². The molecule has 7 heteroatoms. The number of ether oxygens (including phenoxy) is 1. The minimum atomic E-state index is -0.573. The molecule has 0 spiro atoms. The predicted octanol–water partition coefficient (Wildman–Crippen LogP) is 3.74. The Morgan fingerprint density at radius 2 is 2.00 bits per heavy atom. The van der Waals surface area contributed by atoms with Crippen LogP contribution in [-0.4, -0.2) is 43.0 Å². The van der Waals surface area contributed by atoms with Gasteiger partial charge in [-0.05, 0) is 42.9 Å². The minimum Gasteiger partial charge on any atom is -0.378 e. The summed E-state index contributed by atoms with van der Waals surface area (Å²) in [7, 11) is 0. The van der Waals surface area contributed by atoms with Gasteiger partial charge in [0.15, 0.2) is 0 Å². The molecular formula is C21H23FN2O3S. The number of hydrogen-bond donors (Lipinski definition) is 1. The first kappa shape index (κ1) is 19.1. The fourth-order valence-corrected chi connectivity index (χ4v) is 5.20. The fourth-order valence-electron chi connectivity index (χ4n) is 3.81. The summed E-state index contributed by atoms with van der Waals surface area (Å²) >= 11 is 1.45. The summed E-state index contributed by atoms with van der Waals surface area (Å²) in [6.07, 6.45) is 2.75. The van der Waals surface area contributed by atoms with Gasteiger partial charge in [0.2, 0.25) is 0 Å². The van der Waals surface area contributed by atoms with Crippen LogP contribution >= 0.6 is 11.3 Å². The minimum absolute atomic E-state index is 0.0213. The number of benzene rings is 1. The van der Waals surface area contributed by atoms with Crippen molar-refractivity contribution in [3.8, 4) is 0 Å². The first-order valence-electron chi connectivity index (χ1n) is 9.62. The number of nitrogens with zero attached hydrogens (tertiary/aromatic N) is 1. The molecule has 1 aromatic carbocycles. The highest BCUT2D eigenvalue weighted by Gasteiger charge is 2.31. The molecule has 2 aliphatic rings. The van der Waals surface area contributed by atoms with Crippen molar-refractivity contribution >= 4 is 28.2 Å². The number of anilines is 1. The number of rotatable bonds is 3. The number of carbonyl (C=O) groups is 2. The summed E-state index contributed by atoms with van der Waals surface area (Å²) in [4.78, 5) is 28.9. The summed E-state index contributed by atoms with van der Waals surface area (Å²) in [5.41, 5.74) is 1.61. The Morgan fingerprint density at radius 3 is 2.75 bits per heavy atom. The van der Waals surface area contributed by atoms with Crippen molar-refractivity contribution in [1.82, 2.24) is 4.90 Å². The van der Waals surface area contributed by atoms with E-state index in [0.29, 0.717) is 42.8 Å². The van der Waals surface area contributed by atoms with Gasteiger partial charge >= 0.3 is 0 Å². The van der Waals surface area contributed by atoms with Gasteiger partial charge in [-0.1, -0.05) is 19.1 Å². The van der Waals surface area contributed by atoms with E-state index in [1.54, 1.807) is 17.0 Å². The van der Waals surface area contributed by atoms with Crippen molar-refractivity contribution in [3.63, 3.8) is 0 Å². The average molecular weight is 402 g/mol. The van der Waals surface area contributed by atoms with Crippen molar-refractivity contribution in [2.45, 2.75) is 26.2 Å². The lowest BCUT2D eigenvalue weighted by molar-refractivity contribution is 0.0303. The Labute approximate surface area is 167 Å². The third-order valence-electron chi connectivity index (χ3n) is 5.37. The molecule has 28 heavy (non-hydrogen) atoms. The van der Waals surface area contributed by atoms with Crippen LogP contribution in [0.25, 0.3) is 0 Å². The van der Waals surface area contributed by atoms with Crippen LogP contribution in [0.4, 0.5) is 9.39 Å². The zero-order valence-corrected chi connectivity index (χ0v) is 16.6. The van der Waals surface area contributed by atoms with Crippen LogP contribution in [0.3, 0.4) is 0 Å². The molecule has 1 aromatic heterocycles. The van der Waals surface area contributed by atoms with Crippen LogP contribution in [0.15, 0.2) is 24.3 Å². The first-order valence-corrected chi connectivity index (χ1v) is 10.4. The van der Waals surface area contributed by atoms with Crippen molar-refractivity contribution in [1.29, 1.82) is 0 Å². The quantitative estimate of drug-likeness (QED) is 0.851. The highest BCUT2D eigenvalue weighted by Crippen LogP contribution is 2.40. The molecule has 4 rings (SSSR count). The highest BCUT2D eigenvalue weighted by molar-refractivity contribution is 7.17. The van der Waals surface area contributed by atoms with E-state index < -0.39 is 11.7 Å². The van der Waals surface area contributed by atoms with Gasteiger partial charge in [0.05, 0.1) is 24.3 Å². The maximum atomic E-state index is 14.0. The lowest BCUT2D eigenvalue weighted by Crippen LogP contribution is -2.41. The lowest BCUT2D eigenvalue weighted by Gasteiger charge is -2.28. The Bertz CT molecular complexity index is 905. The molecule has 1 atom stereocenters. The molecule has 148 valence electrons. The number of halogens is 1. The molecular weight excluding hydrogens is 379 g/mol. The van der Waals surface area contributed by atoms with E-state index >= 15 is 0 Å². The van der Waals surface area contributed by atoms with Crippen molar-refractivity contribution in [3.05, 3.63) is 51.7 Å². The second-order valence-corrected chi connectivity index (χ2v) is 8.50. The highest BCUT2D eigenvalue weighted by atomic mass is 32.1. The smallest absolute Gasteiger partial charge is 0.259 e. The van der Waals surface area contributed by atoms with Gasteiger partial charge in [0, 0.05) is 18.0 Å². The summed E-state index contributed by atoms with van der Waals surface area (Å²) in [6.45, 7) is 4.32. The topological polar surface area (TPSA) is 58.6 Å². The normalized spacial score (nSPS) is 19.2. The van der Waals surface area contributed by atoms with E-state index in [2.05, 4.69) is 12.2 Å². The molecule has 1 saturated heterocycles. The Kier molecular flexibility index (Phi) is 5.46. The number of fused-ring (bicyclic) bond motifs is 1. The van der Waals surface area contributed by atoms with Crippen LogP contribution in [-0.2, 0) is 17.6 Å². The molecule has 1 aliphatic heterocycles. The van der Waals surface area contributed by atoms with Gasteiger partial charge < -0.3 is 15.0 Å². The Balaban J connectivity index is 1.69. The van der Waals surface area contributed by atoms with Gasteiger partial charge in [-0.15, -0.1) is 11.3 Å². The van der Waals surface area contributed by atoms with Gasteiger partial charge in [-0.25, -0.2) is 4.39 Å². The van der Waals surface area contributed by atoms with Crippen LogP contribution in [0.2, 0.25) is 0 Å². The fraction of sp³-hybridized carbons (Fsp3) is 0.429. The summed E-state index contributed by atoms with van der Waals surface area (Å²) in [6, 6.07) is 5.88. The van der Waals surface area contributed by atoms with E-state index in [1.807, 2.05) is 0 Å². The summed E-state index contributed by atoms with van der Waals surface area (Å²) in [5.74, 6) is -0.622. The third kappa shape index (κ3) is 3.69. The molecule has 0 unspecified atom stereocenters. The van der Waals surface area contributed by atoms with E-state index in [1.165, 1.54) is 23.5 Å². The first-order chi connectivity index (χ1) is 13.5. The summed E-state index contributed by atoms with van der Waals surface area (Å²) in [5, 5.41) is 3.35. The molecule has 1 N–H and O–H groups in total. The zero-order chi connectivity index (χ0) is 19.7. The predicted molar refractivity (Wildman–Crippen MR) is 107 cm³/mol. The largest absolute Gasteiger partial charge is 0.378 e. The average Bonchev–Trinajstić information content (AvgIpc) is 3.05. The Morgan fingerprint density at radius 1 is 1.25 bits per heavy atom. The van der Waals surface area contributed by atoms with Gasteiger partial charge in [-0.2, -0.15) is 0 Å². The number of carbonyl (C=O) groups excluding carboxylic acids is 2. The monoisotopic (exact) mass is 402 g/mol. The van der Waals surface area contributed by atoms with E-state index in [0.717, 1.165) is 29.7 Å². The SMILES string of the molecule is C[C@@H]1CCc2c(sc(NC(=O)c3ccccc3F)c2C(=O)N2CCOCC2)C1. The molecule has 0 radical (unpaired) electrons. The maximum Gasteiger partial charge on any atom is 0.259 e. The van der Waals surface area contributed by atoms with E-state index in [9.17, 15) is 14.0 Å². The molecule has 0 saturated carbocycles. The lowest BCUT2D eigenvalue weighted by atomic mass is 9.88. The van der Waals surface area contributed by atoms with E-state index in [4.69, 9.17) is 4.74 Å². The van der Waals surface area contributed by atoms with Crippen LogP contribution in [0, 0.1) is 11.7 Å². The molecule has 2 aromatic rings. The maximum absolute atomic E-state index is 14.0. The molecule has 1 aliphatic carbocycles. The molecule has 2 heterocycles. The molecule has 0 bridgehead atoms.